The Morgan fingerprint density at radius 2 is 1.94 bits per heavy atom. The van der Waals surface area contributed by atoms with Crippen molar-refractivity contribution < 1.29 is 9.59 Å². The van der Waals surface area contributed by atoms with Gasteiger partial charge in [-0.15, -0.1) is 0 Å². The molecule has 1 aliphatic carbocycles. The number of amides is 2. The summed E-state index contributed by atoms with van der Waals surface area (Å²) in [5.74, 6) is 0.248. The van der Waals surface area contributed by atoms with Crippen molar-refractivity contribution in [1.29, 1.82) is 0 Å². The quantitative estimate of drug-likeness (QED) is 0.832. The van der Waals surface area contributed by atoms with E-state index >= 15 is 0 Å². The lowest BCUT2D eigenvalue weighted by molar-refractivity contribution is -0.117. The number of rotatable bonds is 2. The predicted molar refractivity (Wildman–Crippen MR) is 62.3 cm³/mol. The van der Waals surface area contributed by atoms with E-state index in [1.165, 1.54) is 0 Å². The topological polar surface area (TPSA) is 49.4 Å². The fourth-order valence-corrected chi connectivity index (χ4v) is 2.68. The second-order valence-corrected chi connectivity index (χ2v) is 4.68. The number of nitrogens with zero attached hydrogens (tertiary/aromatic N) is 1. The predicted octanol–water partition coefficient (Wildman–Crippen LogP) is 1.31. The molecule has 2 unspecified atom stereocenters. The Balaban J connectivity index is 1.78. The van der Waals surface area contributed by atoms with Crippen LogP contribution >= 0.6 is 0 Å². The van der Waals surface area contributed by atoms with Crippen LogP contribution in [0.25, 0.3) is 0 Å². The molecule has 0 radical (unpaired) electrons. The molecule has 17 heavy (non-hydrogen) atoms. The van der Waals surface area contributed by atoms with Crippen LogP contribution in [-0.2, 0) is 11.3 Å². The van der Waals surface area contributed by atoms with Crippen LogP contribution in [-0.4, -0.2) is 28.8 Å². The third-order valence-corrected chi connectivity index (χ3v) is 3.51. The molecule has 4 nitrogen and oxygen atoms in total. The highest BCUT2D eigenvalue weighted by molar-refractivity contribution is 5.88. The second-order valence-electron chi connectivity index (χ2n) is 4.68. The number of benzene rings is 1. The Hall–Kier alpha value is -1.84. The minimum atomic E-state index is -0.0450. The van der Waals surface area contributed by atoms with E-state index in [1.807, 2.05) is 30.3 Å². The molecule has 88 valence electrons. The van der Waals surface area contributed by atoms with Gasteiger partial charge in [0.1, 0.15) is 5.78 Å². The van der Waals surface area contributed by atoms with Crippen molar-refractivity contribution in [3.8, 4) is 0 Å². The summed E-state index contributed by atoms with van der Waals surface area (Å²) in [5.41, 5.74) is 1.10. The second kappa shape index (κ2) is 3.87. The number of ketones is 1. The zero-order chi connectivity index (χ0) is 11.8. The highest BCUT2D eigenvalue weighted by atomic mass is 16.2. The molecule has 1 aromatic carbocycles. The van der Waals surface area contributed by atoms with Crippen LogP contribution in [0.4, 0.5) is 4.79 Å². The number of carbonyl (C=O) groups is 2. The Morgan fingerprint density at radius 3 is 2.71 bits per heavy atom. The lowest BCUT2D eigenvalue weighted by Crippen LogP contribution is -2.33. The minimum Gasteiger partial charge on any atom is -0.333 e. The fourth-order valence-electron chi connectivity index (χ4n) is 2.68. The summed E-state index contributed by atoms with van der Waals surface area (Å²) in [6.45, 7) is 0.584. The lowest BCUT2D eigenvalue weighted by atomic mass is 10.1. The average Bonchev–Trinajstić information content (AvgIpc) is 2.79. The monoisotopic (exact) mass is 230 g/mol. The molecular weight excluding hydrogens is 216 g/mol. The summed E-state index contributed by atoms with van der Waals surface area (Å²) in [7, 11) is 0. The number of carbonyl (C=O) groups excluding carboxylic acids is 2. The van der Waals surface area contributed by atoms with E-state index in [0.717, 1.165) is 5.56 Å². The summed E-state index contributed by atoms with van der Waals surface area (Å²) in [4.78, 5) is 25.0. The molecule has 1 aliphatic heterocycles. The van der Waals surface area contributed by atoms with Gasteiger partial charge in [0, 0.05) is 19.4 Å². The summed E-state index contributed by atoms with van der Waals surface area (Å²) in [5, 5.41) is 2.88. The van der Waals surface area contributed by atoms with Crippen LogP contribution in [0.5, 0.6) is 0 Å². The molecule has 1 N–H and O–H groups in total. The Labute approximate surface area is 99.6 Å². The van der Waals surface area contributed by atoms with Crippen molar-refractivity contribution in [3.05, 3.63) is 35.9 Å². The first kappa shape index (κ1) is 10.3. The number of nitrogens with one attached hydrogen (secondary N) is 1. The molecular formula is C13H14N2O2. The van der Waals surface area contributed by atoms with E-state index in [-0.39, 0.29) is 23.9 Å². The maximum atomic E-state index is 11.8. The van der Waals surface area contributed by atoms with Gasteiger partial charge in [0.25, 0.3) is 0 Å². The molecule has 4 heteroatoms. The zero-order valence-electron chi connectivity index (χ0n) is 9.43. The number of hydrogen-bond acceptors (Lipinski definition) is 2. The van der Waals surface area contributed by atoms with Crippen molar-refractivity contribution in [2.75, 3.05) is 0 Å². The van der Waals surface area contributed by atoms with Crippen LogP contribution in [0, 0.1) is 0 Å². The highest BCUT2D eigenvalue weighted by Crippen LogP contribution is 2.28. The van der Waals surface area contributed by atoms with Crippen LogP contribution in [0.1, 0.15) is 18.4 Å². The third-order valence-electron chi connectivity index (χ3n) is 3.51. The maximum Gasteiger partial charge on any atom is 0.318 e. The highest BCUT2D eigenvalue weighted by Gasteiger charge is 2.45. The molecule has 1 aromatic rings. The van der Waals surface area contributed by atoms with E-state index in [0.29, 0.717) is 19.4 Å². The molecule has 2 aliphatic rings. The van der Waals surface area contributed by atoms with Gasteiger partial charge in [0.15, 0.2) is 0 Å². The minimum absolute atomic E-state index is 0.0266. The molecule has 0 spiro atoms. The Kier molecular flexibility index (Phi) is 2.35. The van der Waals surface area contributed by atoms with Crippen molar-refractivity contribution in [3.63, 3.8) is 0 Å². The number of hydrogen-bond donors (Lipinski definition) is 1. The van der Waals surface area contributed by atoms with Gasteiger partial charge in [0.2, 0.25) is 0 Å². The molecule has 3 rings (SSSR count). The molecule has 2 atom stereocenters. The van der Waals surface area contributed by atoms with Crippen molar-refractivity contribution >= 4 is 11.8 Å². The number of urea groups is 1. The van der Waals surface area contributed by atoms with Gasteiger partial charge in [-0.2, -0.15) is 0 Å². The molecule has 1 saturated heterocycles. The third kappa shape index (κ3) is 1.79. The van der Waals surface area contributed by atoms with Gasteiger partial charge >= 0.3 is 6.03 Å². The van der Waals surface area contributed by atoms with Gasteiger partial charge in [-0.1, -0.05) is 30.3 Å². The van der Waals surface area contributed by atoms with Crippen molar-refractivity contribution in [2.24, 2.45) is 0 Å². The SMILES string of the molecule is O=C1CC2NC(=O)N(Cc3ccccc3)C2C1. The first-order chi connectivity index (χ1) is 8.24. The van der Waals surface area contributed by atoms with Crippen molar-refractivity contribution in [1.82, 2.24) is 10.2 Å². The largest absolute Gasteiger partial charge is 0.333 e. The summed E-state index contributed by atoms with van der Waals surface area (Å²) < 4.78 is 0. The van der Waals surface area contributed by atoms with Crippen LogP contribution in [0.3, 0.4) is 0 Å². The van der Waals surface area contributed by atoms with Gasteiger partial charge in [-0.05, 0) is 5.56 Å². The van der Waals surface area contributed by atoms with Crippen LogP contribution < -0.4 is 5.32 Å². The smallest absolute Gasteiger partial charge is 0.318 e. The molecule has 1 saturated carbocycles. The van der Waals surface area contributed by atoms with Gasteiger partial charge in [-0.3, -0.25) is 4.79 Å². The molecule has 1 heterocycles. The average molecular weight is 230 g/mol. The van der Waals surface area contributed by atoms with Crippen LogP contribution in [0.2, 0.25) is 0 Å². The molecule has 0 aromatic heterocycles. The van der Waals surface area contributed by atoms with E-state index < -0.39 is 0 Å². The summed E-state index contributed by atoms with van der Waals surface area (Å²) in [6, 6.07) is 9.90. The Morgan fingerprint density at radius 1 is 1.18 bits per heavy atom. The van der Waals surface area contributed by atoms with Gasteiger partial charge in [0.05, 0.1) is 12.1 Å². The molecule has 2 amide bonds. The Bertz CT molecular complexity index is 458. The first-order valence-electron chi connectivity index (χ1n) is 5.87. The maximum absolute atomic E-state index is 11.8. The molecule has 0 bridgehead atoms. The summed E-state index contributed by atoms with van der Waals surface area (Å²) in [6.07, 6.45) is 0.984. The fraction of sp³-hybridized carbons (Fsp3) is 0.385. The summed E-state index contributed by atoms with van der Waals surface area (Å²) >= 11 is 0. The standard InChI is InChI=1S/C13H14N2O2/c16-10-6-11-12(7-10)15(13(17)14-11)8-9-4-2-1-3-5-9/h1-5,11-12H,6-8H2,(H,14,17). The van der Waals surface area contributed by atoms with Gasteiger partial charge < -0.3 is 10.2 Å². The number of Topliss-reactive ketones (excluding diaryl/α,β-unsaturated/α-hetero) is 1. The van der Waals surface area contributed by atoms with E-state index in [1.54, 1.807) is 4.90 Å². The van der Waals surface area contributed by atoms with Crippen molar-refractivity contribution in [2.45, 2.75) is 31.5 Å². The van der Waals surface area contributed by atoms with E-state index in [2.05, 4.69) is 5.32 Å². The van der Waals surface area contributed by atoms with E-state index in [9.17, 15) is 9.59 Å². The van der Waals surface area contributed by atoms with Gasteiger partial charge in [-0.25, -0.2) is 4.79 Å². The first-order valence-corrected chi connectivity index (χ1v) is 5.87. The lowest BCUT2D eigenvalue weighted by Gasteiger charge is -2.21. The van der Waals surface area contributed by atoms with E-state index in [4.69, 9.17) is 0 Å². The number of fused-ring (bicyclic) bond motifs is 1. The molecule has 2 fully saturated rings. The zero-order valence-corrected chi connectivity index (χ0v) is 9.43. The van der Waals surface area contributed by atoms with Crippen LogP contribution in [0.15, 0.2) is 30.3 Å². The normalized spacial score (nSPS) is 27.2.